The van der Waals surface area contributed by atoms with Gasteiger partial charge in [0.25, 0.3) is 11.8 Å². The zero-order chi connectivity index (χ0) is 87.8. The first-order chi connectivity index (χ1) is 58.5. The van der Waals surface area contributed by atoms with Gasteiger partial charge in [0.05, 0.1) is 37.5 Å². The fourth-order valence-corrected chi connectivity index (χ4v) is 10.7. The quantitative estimate of drug-likeness (QED) is 0.0155. The number of nitrogens with one attached hydrogen (secondary N) is 2. The molecule has 0 aromatic carbocycles. The van der Waals surface area contributed by atoms with Crippen LogP contribution in [0.25, 0.3) is 0 Å². The molecule has 120 heavy (non-hydrogen) atoms. The van der Waals surface area contributed by atoms with E-state index in [1.165, 1.54) is 127 Å². The van der Waals surface area contributed by atoms with Gasteiger partial charge in [-0.3, -0.25) is 9.59 Å². The van der Waals surface area contributed by atoms with Crippen LogP contribution in [0.15, 0.2) is 24.3 Å². The van der Waals surface area contributed by atoms with E-state index in [4.69, 9.17) is 9.47 Å². The van der Waals surface area contributed by atoms with Gasteiger partial charge in [0, 0.05) is 151 Å². The van der Waals surface area contributed by atoms with Crippen molar-refractivity contribution >= 4 is 11.8 Å². The first kappa shape index (κ1) is 105. The van der Waals surface area contributed by atoms with Crippen LogP contribution in [0.1, 0.15) is 263 Å². The van der Waals surface area contributed by atoms with E-state index in [0.717, 1.165) is 38.5 Å². The molecule has 2 amide bonds. The highest BCUT2D eigenvalue weighted by atomic mass is 16.6. The van der Waals surface area contributed by atoms with Crippen molar-refractivity contribution < 1.29 is 149 Å². The maximum atomic E-state index is 12.7. The molecule has 4 unspecified atom stereocenters. The second kappa shape index (κ2) is 75.1. The van der Waals surface area contributed by atoms with Crippen LogP contribution in [-0.4, -0.2) is 184 Å². The molecule has 712 valence electrons. The number of aliphatic hydroxyl groups is 12. The van der Waals surface area contributed by atoms with E-state index >= 15 is 0 Å². The number of unbranched alkanes of at least 4 members (excludes halogenated alkanes) is 22. The number of ether oxygens (including phenoxy) is 2. The lowest BCUT2D eigenvalue weighted by molar-refractivity contribution is -0.216. The van der Waals surface area contributed by atoms with Crippen LogP contribution in [0.5, 0.6) is 0 Å². The monoisotopic (exact) mass is 1710 g/mol. The smallest absolute Gasteiger partial charge is 0.297 e. The van der Waals surface area contributed by atoms with E-state index in [9.17, 15) is 70.9 Å². The second-order valence-electron chi connectivity index (χ2n) is 26.1. The highest BCUT2D eigenvalue weighted by Crippen LogP contribution is 2.25. The Morgan fingerprint density at radius 3 is 0.708 bits per heavy atom. The van der Waals surface area contributed by atoms with Gasteiger partial charge >= 0.3 is 0 Å². The molecule has 0 saturated carbocycles. The molecule has 0 radical (unpaired) electrons. The summed E-state index contributed by atoms with van der Waals surface area (Å²) >= 11 is 0. The van der Waals surface area contributed by atoms with Gasteiger partial charge in [-0.2, -0.15) is 0 Å². The summed E-state index contributed by atoms with van der Waals surface area (Å²) in [6, 6.07) is -2.38. The third-order valence-electron chi connectivity index (χ3n) is 16.9. The van der Waals surface area contributed by atoms with Crippen LogP contribution < -0.4 is 10.6 Å². The van der Waals surface area contributed by atoms with Crippen LogP contribution in [0.2, 0.25) is 0 Å². The fourth-order valence-electron chi connectivity index (χ4n) is 10.7. The third kappa shape index (κ3) is 55.8. The molecule has 0 spiro atoms. The van der Waals surface area contributed by atoms with E-state index in [0.29, 0.717) is 12.8 Å². The van der Waals surface area contributed by atoms with E-state index < -0.39 is 123 Å². The van der Waals surface area contributed by atoms with Crippen molar-refractivity contribution in [3.8, 4) is 284 Å². The van der Waals surface area contributed by atoms with Gasteiger partial charge in [-0.25, -0.2) is 0 Å². The summed E-state index contributed by atoms with van der Waals surface area (Å²) in [5, 5.41) is 129. The van der Waals surface area contributed by atoms with Gasteiger partial charge in [-0.15, -0.1) is 0 Å². The molecule has 2 aliphatic rings. The van der Waals surface area contributed by atoms with E-state index in [1.807, 2.05) is 0 Å². The normalized spacial score (nSPS) is 17.9. The molecule has 18 heteroatoms. The average molecular weight is 1710 g/mol. The van der Waals surface area contributed by atoms with Crippen molar-refractivity contribution in [1.82, 2.24) is 10.6 Å². The van der Waals surface area contributed by atoms with Gasteiger partial charge in [-0.05, 0) is 216 Å². The molecular weight excluding hydrogens is 1510 g/mol. The molecular formula is C102H198N2O16. The minimum Gasteiger partial charge on any atom is -0.394 e. The average Bonchev–Trinajstić information content (AvgIpc) is 0.819. The Hall–Kier alpha value is -12.7. The Morgan fingerprint density at radius 1 is 0.300 bits per heavy atom. The molecule has 2 aliphatic heterocycles. The summed E-state index contributed by atoms with van der Waals surface area (Å²) in [6.07, 6.45) is 13.7. The number of carbonyl (C=O) groups excluding carboxylic acids is 2. The summed E-state index contributed by atoms with van der Waals surface area (Å²) in [4.78, 5) is 25.4. The first-order valence-electron chi connectivity index (χ1n) is 39.7. The molecule has 2 fully saturated rings. The summed E-state index contributed by atoms with van der Waals surface area (Å²) in [6.45, 7) is 6.54. The van der Waals surface area contributed by atoms with E-state index in [2.05, 4.69) is 309 Å². The van der Waals surface area contributed by atoms with Gasteiger partial charge in [0.2, 0.25) is 0 Å². The number of amides is 2. The molecule has 16 atom stereocenters. The van der Waals surface area contributed by atoms with Crippen LogP contribution in [0.3, 0.4) is 0 Å². The predicted molar refractivity (Wildman–Crippen MR) is 565 cm³/mol. The molecule has 2 saturated heterocycles. The summed E-state index contributed by atoms with van der Waals surface area (Å²) < 4.78 is 11.0. The van der Waals surface area contributed by atoms with Gasteiger partial charge in [0.15, 0.2) is 0 Å². The summed E-state index contributed by atoms with van der Waals surface area (Å²) in [5.41, 5.74) is 0. The standard InChI is InChI=1S/2C51H51NO8.48H2/c2*1-3-5-7-9-11-13-15-17-18-19-20-21-22-23-24-25-26-27-29-31-33-35-37-39-47(55)52-43(40-41-45-49(57)51(59)50(58)46(42-53)60-45)48(56)44(54)38-36-34-32-30-28-16-14-12-10-8-6-4-2;;;;;;;;;;;;;;;;;;;;;;;;;;;;;;;;;;;;;;;;;;;;;;;;/h2*40-41,43-46,48-51,53-54,56-59H,4,6,8,10,12,14,16,28,30,32,34,36,38,42H2,1-2H3,(H,52,55);48*1H/b41-40+;41-40-;;;;;;;;;;;;;;;;;;;;;;;;;;;;;;;;;;;;;;;;;;;;;;;;/t2*43-,44+,45+,46?,48-,49?,50-,51+;;;;;;;;;;;;;;;;;;;;;;;;;;;;;;;;;;;;;;;;;;;;;;;;/m00................................................/s1. The summed E-state index contributed by atoms with van der Waals surface area (Å²) in [5.74, 6) is 117. The van der Waals surface area contributed by atoms with Crippen LogP contribution in [-0.2, 0) is 19.1 Å². The van der Waals surface area contributed by atoms with Gasteiger partial charge in [-0.1, -0.05) is 204 Å². The number of carbonyl (C=O) groups is 2. The Morgan fingerprint density at radius 2 is 0.500 bits per heavy atom. The van der Waals surface area contributed by atoms with Crippen molar-refractivity contribution in [2.45, 2.75) is 292 Å². The Labute approximate surface area is 784 Å². The molecule has 0 bridgehead atoms. The highest BCUT2D eigenvalue weighted by molar-refractivity contribution is 5.95. The van der Waals surface area contributed by atoms with Crippen LogP contribution >= 0.6 is 0 Å². The Balaban J connectivity index is -0.0000000290. The highest BCUT2D eigenvalue weighted by Gasteiger charge is 2.44. The minimum atomic E-state index is -1.62. The molecule has 0 aliphatic carbocycles. The van der Waals surface area contributed by atoms with Crippen molar-refractivity contribution in [2.75, 3.05) is 13.2 Å². The van der Waals surface area contributed by atoms with Crippen molar-refractivity contribution in [3.05, 3.63) is 24.3 Å². The van der Waals surface area contributed by atoms with E-state index in [-0.39, 0.29) is 81.3 Å². The lowest BCUT2D eigenvalue weighted by Crippen LogP contribution is -2.58. The maximum absolute atomic E-state index is 12.7. The largest absolute Gasteiger partial charge is 0.394 e. The van der Waals surface area contributed by atoms with Gasteiger partial charge < -0.3 is 81.4 Å². The zero-order valence-corrected chi connectivity index (χ0v) is 68.3. The SMILES string of the molecule is CC#CC#CC#CC#CC#CC#CC#CC#CC#CC#CC#CC#CC(=O)N[C@@H](/C=C/[C@H]1OC(CO)[C@H](O)[C@H](O)C1O)[C@H](O)[C@H](O)CCCCCCCCCCCCCC.CC#CC#CC#CC#CC#CC#CC#CC#CC#CC#CC#CC#CC(=O)N[C@@H](/C=C\[C@H]1OC(CO)[C@H](O)[C@H](O)C1O)[C@H](O)[C@H](O)CCCCCCCCCCCCCC.[HH].[HH].[HH].[HH].[HH].[HH].[HH].[HH].[HH].[HH].[HH].[HH].[HH].[HH].[HH].[HH].[HH].[HH].[HH].[HH].[HH].[HH].[HH].[HH].[HH].[HH].[HH].[HH].[HH].[HH].[HH].[HH].[HH].[HH].[HH].[HH].[HH].[HH].[HH].[HH].[HH].[HH].[HH].[HH].[HH].[HH].[HH].[HH]. The number of rotatable bonds is 38. The minimum absolute atomic E-state index is 0. The van der Waals surface area contributed by atoms with Crippen molar-refractivity contribution in [1.29, 1.82) is 0 Å². The predicted octanol–water partition coefficient (Wildman–Crippen LogP) is 15.3. The maximum Gasteiger partial charge on any atom is 0.297 e. The molecule has 0 aromatic rings. The van der Waals surface area contributed by atoms with Crippen molar-refractivity contribution in [3.63, 3.8) is 0 Å². The molecule has 18 nitrogen and oxygen atoms in total. The molecule has 2 rings (SSSR count). The zero-order valence-electron chi connectivity index (χ0n) is 68.3. The lowest BCUT2D eigenvalue weighted by atomic mass is 9.93. The number of aliphatic hydroxyl groups excluding tert-OH is 12. The first-order valence-corrected chi connectivity index (χ1v) is 39.7. The lowest BCUT2D eigenvalue weighted by Gasteiger charge is -2.39. The molecule has 14 N–H and O–H groups in total. The second-order valence-corrected chi connectivity index (χ2v) is 26.1. The fraction of sp³-hybridized carbons (Fsp3) is 0.471. The Kier molecular flexibility index (Phi) is 65.9. The van der Waals surface area contributed by atoms with Crippen molar-refractivity contribution in [2.24, 2.45) is 0 Å². The van der Waals surface area contributed by atoms with Crippen LogP contribution in [0.4, 0.5) is 0 Å². The number of hydrogen-bond acceptors (Lipinski definition) is 16. The van der Waals surface area contributed by atoms with Crippen LogP contribution in [0, 0.1) is 284 Å². The topological polar surface area (TPSA) is 319 Å². The third-order valence-corrected chi connectivity index (χ3v) is 16.9. The Bertz CT molecular complexity index is 4830. The molecule has 0 aromatic heterocycles. The molecule has 2 heterocycles. The van der Waals surface area contributed by atoms with E-state index in [1.54, 1.807) is 13.8 Å². The number of hydrogen-bond donors (Lipinski definition) is 14. The summed E-state index contributed by atoms with van der Waals surface area (Å²) in [7, 11) is 0. The van der Waals surface area contributed by atoms with Gasteiger partial charge in [0.1, 0.15) is 73.2 Å².